The second-order valence-corrected chi connectivity index (χ2v) is 7.81. The van der Waals surface area contributed by atoms with Crippen molar-refractivity contribution in [3.8, 4) is 0 Å². The molecule has 2 rings (SSSR count). The zero-order valence-corrected chi connectivity index (χ0v) is 12.4. The molecule has 2 heterocycles. The Morgan fingerprint density at radius 3 is 2.58 bits per heavy atom. The predicted octanol–water partition coefficient (Wildman–Crippen LogP) is 0.617. The van der Waals surface area contributed by atoms with E-state index >= 15 is 0 Å². The highest BCUT2D eigenvalue weighted by atomic mass is 32.2. The number of sulfonamides is 1. The average Bonchev–Trinajstić information content (AvgIpc) is 2.39. The van der Waals surface area contributed by atoms with E-state index in [-0.39, 0.29) is 11.8 Å². The Hall–Kier alpha value is -0.460. The fourth-order valence-corrected chi connectivity index (χ4v) is 4.03. The number of Topliss-reactive ketones (excluding diaryl/α,β-unsaturated/α-hetero) is 1. The standard InChI is InChI=1S/C13H24N2O3S/c1-19(17,18)15-8-2-3-11(10-15)9-13(16)12-4-6-14-7-5-12/h11-12,14H,2-10H2,1H3. The molecular weight excluding hydrogens is 264 g/mol. The third kappa shape index (κ3) is 4.26. The average molecular weight is 288 g/mol. The second-order valence-electron chi connectivity index (χ2n) is 5.82. The number of carbonyl (C=O) groups is 1. The van der Waals surface area contributed by atoms with Gasteiger partial charge < -0.3 is 5.32 Å². The predicted molar refractivity (Wildman–Crippen MR) is 74.4 cm³/mol. The van der Waals surface area contributed by atoms with Crippen LogP contribution in [0.2, 0.25) is 0 Å². The number of nitrogens with zero attached hydrogens (tertiary/aromatic N) is 1. The van der Waals surface area contributed by atoms with E-state index < -0.39 is 10.0 Å². The van der Waals surface area contributed by atoms with Gasteiger partial charge in [0.25, 0.3) is 0 Å². The minimum Gasteiger partial charge on any atom is -0.317 e. The third-order valence-electron chi connectivity index (χ3n) is 4.24. The maximum Gasteiger partial charge on any atom is 0.211 e. The summed E-state index contributed by atoms with van der Waals surface area (Å²) < 4.78 is 24.6. The summed E-state index contributed by atoms with van der Waals surface area (Å²) in [5, 5.41) is 3.26. The zero-order chi connectivity index (χ0) is 13.9. The Morgan fingerprint density at radius 2 is 1.95 bits per heavy atom. The molecule has 1 unspecified atom stereocenters. The van der Waals surface area contributed by atoms with Gasteiger partial charge in [-0.3, -0.25) is 4.79 Å². The Morgan fingerprint density at radius 1 is 1.26 bits per heavy atom. The SMILES string of the molecule is CS(=O)(=O)N1CCCC(CC(=O)C2CCNCC2)C1. The molecule has 0 aliphatic carbocycles. The van der Waals surface area contributed by atoms with Crippen LogP contribution in [0.1, 0.15) is 32.1 Å². The van der Waals surface area contributed by atoms with E-state index in [0.717, 1.165) is 38.8 Å². The number of nitrogens with one attached hydrogen (secondary N) is 1. The first-order chi connectivity index (χ1) is 8.97. The Labute approximate surface area is 115 Å². The summed E-state index contributed by atoms with van der Waals surface area (Å²) in [4.78, 5) is 12.2. The highest BCUT2D eigenvalue weighted by Gasteiger charge is 2.29. The topological polar surface area (TPSA) is 66.5 Å². The molecule has 1 atom stereocenters. The van der Waals surface area contributed by atoms with Crippen LogP contribution in [0, 0.1) is 11.8 Å². The van der Waals surface area contributed by atoms with Gasteiger partial charge in [-0.05, 0) is 44.7 Å². The monoisotopic (exact) mass is 288 g/mol. The molecule has 19 heavy (non-hydrogen) atoms. The Kier molecular flexibility index (Phi) is 4.97. The van der Waals surface area contributed by atoms with Gasteiger partial charge in [-0.1, -0.05) is 0 Å². The van der Waals surface area contributed by atoms with E-state index in [2.05, 4.69) is 5.32 Å². The molecule has 0 amide bonds. The first-order valence-corrected chi connectivity index (χ1v) is 9.00. The summed E-state index contributed by atoms with van der Waals surface area (Å²) >= 11 is 0. The maximum atomic E-state index is 12.2. The van der Waals surface area contributed by atoms with Crippen LogP contribution in [-0.2, 0) is 14.8 Å². The van der Waals surface area contributed by atoms with Crippen LogP contribution in [-0.4, -0.2) is 50.9 Å². The molecule has 2 aliphatic heterocycles. The molecule has 2 fully saturated rings. The van der Waals surface area contributed by atoms with Gasteiger partial charge >= 0.3 is 0 Å². The molecule has 5 nitrogen and oxygen atoms in total. The van der Waals surface area contributed by atoms with Crippen molar-refractivity contribution in [1.29, 1.82) is 0 Å². The van der Waals surface area contributed by atoms with Gasteiger partial charge in [0.15, 0.2) is 0 Å². The Balaban J connectivity index is 1.86. The minimum atomic E-state index is -3.11. The molecule has 0 aromatic carbocycles. The summed E-state index contributed by atoms with van der Waals surface area (Å²) in [5.74, 6) is 0.738. The molecule has 1 N–H and O–H groups in total. The molecule has 110 valence electrons. The fraction of sp³-hybridized carbons (Fsp3) is 0.923. The molecule has 2 aliphatic rings. The lowest BCUT2D eigenvalue weighted by atomic mass is 9.85. The highest BCUT2D eigenvalue weighted by Crippen LogP contribution is 2.25. The van der Waals surface area contributed by atoms with Gasteiger partial charge in [-0.25, -0.2) is 12.7 Å². The smallest absolute Gasteiger partial charge is 0.211 e. The van der Waals surface area contributed by atoms with Crippen LogP contribution in [0.4, 0.5) is 0 Å². The van der Waals surface area contributed by atoms with Crippen molar-refractivity contribution in [3.05, 3.63) is 0 Å². The van der Waals surface area contributed by atoms with Crippen molar-refractivity contribution < 1.29 is 13.2 Å². The molecule has 0 aromatic rings. The molecule has 0 radical (unpaired) electrons. The van der Waals surface area contributed by atoms with Crippen molar-refractivity contribution >= 4 is 15.8 Å². The number of piperidine rings is 2. The summed E-state index contributed by atoms with van der Waals surface area (Å²) in [7, 11) is -3.11. The lowest BCUT2D eigenvalue weighted by Gasteiger charge is -2.31. The van der Waals surface area contributed by atoms with Crippen molar-refractivity contribution in [3.63, 3.8) is 0 Å². The molecule has 6 heteroatoms. The summed E-state index contributed by atoms with van der Waals surface area (Å²) in [5.41, 5.74) is 0. The van der Waals surface area contributed by atoms with E-state index in [0.29, 0.717) is 25.3 Å². The lowest BCUT2D eigenvalue weighted by Crippen LogP contribution is -2.40. The number of hydrogen-bond acceptors (Lipinski definition) is 4. The van der Waals surface area contributed by atoms with Crippen molar-refractivity contribution in [2.24, 2.45) is 11.8 Å². The summed E-state index contributed by atoms with van der Waals surface area (Å²) in [6.45, 7) is 2.99. The molecule has 0 spiro atoms. The molecule has 2 saturated heterocycles. The minimum absolute atomic E-state index is 0.190. The van der Waals surface area contributed by atoms with Crippen LogP contribution in [0.15, 0.2) is 0 Å². The van der Waals surface area contributed by atoms with E-state index in [1.54, 1.807) is 0 Å². The number of ketones is 1. The van der Waals surface area contributed by atoms with Crippen molar-refractivity contribution in [1.82, 2.24) is 9.62 Å². The van der Waals surface area contributed by atoms with Crippen LogP contribution < -0.4 is 5.32 Å². The third-order valence-corrected chi connectivity index (χ3v) is 5.50. The molecule has 0 saturated carbocycles. The van der Waals surface area contributed by atoms with E-state index in [1.807, 2.05) is 0 Å². The van der Waals surface area contributed by atoms with Crippen molar-refractivity contribution in [2.45, 2.75) is 32.1 Å². The van der Waals surface area contributed by atoms with Gasteiger partial charge in [0, 0.05) is 25.4 Å². The van der Waals surface area contributed by atoms with Gasteiger partial charge in [0.1, 0.15) is 5.78 Å². The number of carbonyl (C=O) groups excluding carboxylic acids is 1. The van der Waals surface area contributed by atoms with E-state index in [9.17, 15) is 13.2 Å². The molecule has 0 aromatic heterocycles. The van der Waals surface area contributed by atoms with Crippen LogP contribution in [0.5, 0.6) is 0 Å². The van der Waals surface area contributed by atoms with E-state index in [4.69, 9.17) is 0 Å². The quantitative estimate of drug-likeness (QED) is 0.823. The fourth-order valence-electron chi connectivity index (χ4n) is 3.09. The first-order valence-electron chi connectivity index (χ1n) is 7.15. The van der Waals surface area contributed by atoms with Gasteiger partial charge in [-0.2, -0.15) is 0 Å². The maximum absolute atomic E-state index is 12.2. The first kappa shape index (κ1) is 14.9. The summed E-state index contributed by atoms with van der Waals surface area (Å²) in [6.07, 6.45) is 5.52. The van der Waals surface area contributed by atoms with E-state index in [1.165, 1.54) is 10.6 Å². The summed E-state index contributed by atoms with van der Waals surface area (Å²) in [6, 6.07) is 0. The lowest BCUT2D eigenvalue weighted by molar-refractivity contribution is -0.124. The van der Waals surface area contributed by atoms with Crippen LogP contribution in [0.3, 0.4) is 0 Å². The van der Waals surface area contributed by atoms with Crippen molar-refractivity contribution in [2.75, 3.05) is 32.4 Å². The molecule has 0 bridgehead atoms. The number of hydrogen-bond donors (Lipinski definition) is 1. The Bertz CT molecular complexity index is 416. The second kappa shape index (κ2) is 6.33. The van der Waals surface area contributed by atoms with Crippen LogP contribution >= 0.6 is 0 Å². The van der Waals surface area contributed by atoms with Gasteiger partial charge in [-0.15, -0.1) is 0 Å². The molecular formula is C13H24N2O3S. The van der Waals surface area contributed by atoms with Gasteiger partial charge in [0.05, 0.1) is 6.26 Å². The zero-order valence-electron chi connectivity index (χ0n) is 11.6. The normalized spacial score (nSPS) is 27.3. The number of rotatable bonds is 4. The van der Waals surface area contributed by atoms with Crippen LogP contribution in [0.25, 0.3) is 0 Å². The van der Waals surface area contributed by atoms with Gasteiger partial charge in [0.2, 0.25) is 10.0 Å². The largest absolute Gasteiger partial charge is 0.317 e. The highest BCUT2D eigenvalue weighted by molar-refractivity contribution is 7.88.